The summed E-state index contributed by atoms with van der Waals surface area (Å²) in [5.41, 5.74) is 0.0375. The summed E-state index contributed by atoms with van der Waals surface area (Å²) < 4.78 is 13.2. The fourth-order valence-electron chi connectivity index (χ4n) is 1.25. The van der Waals surface area contributed by atoms with Crippen LogP contribution in [0.25, 0.3) is 0 Å². The maximum absolute atomic E-state index is 13.2. The number of amides is 1. The molecule has 0 saturated carbocycles. The number of aromatic carboxylic acids is 1. The van der Waals surface area contributed by atoms with Crippen molar-refractivity contribution in [1.82, 2.24) is 5.32 Å². The van der Waals surface area contributed by atoms with Crippen LogP contribution in [0.4, 0.5) is 4.39 Å². The van der Waals surface area contributed by atoms with E-state index in [2.05, 4.69) is 11.9 Å². The first-order valence-corrected chi connectivity index (χ1v) is 5.36. The van der Waals surface area contributed by atoms with E-state index in [1.54, 1.807) is 0 Å². The summed E-state index contributed by atoms with van der Waals surface area (Å²) in [4.78, 5) is 22.1. The van der Waals surface area contributed by atoms with Gasteiger partial charge < -0.3 is 10.4 Å². The molecule has 1 aromatic rings. The maximum Gasteiger partial charge on any atom is 0.340 e. The van der Waals surface area contributed by atoms with Gasteiger partial charge in [0.05, 0.1) is 5.02 Å². The molecule has 0 fully saturated rings. The Bertz CT molecular complexity index is 528. The van der Waals surface area contributed by atoms with Gasteiger partial charge in [-0.2, -0.15) is 0 Å². The third-order valence-electron chi connectivity index (χ3n) is 2.21. The Morgan fingerprint density at radius 1 is 1.50 bits per heavy atom. The molecule has 0 aliphatic carbocycles. The van der Waals surface area contributed by atoms with Gasteiger partial charge in [-0.15, -0.1) is 0 Å². The van der Waals surface area contributed by atoms with Crippen molar-refractivity contribution in [2.24, 2.45) is 0 Å². The Hall–Kier alpha value is -1.88. The van der Waals surface area contributed by atoms with Gasteiger partial charge in [0, 0.05) is 12.1 Å². The molecule has 0 atom stereocenters. The van der Waals surface area contributed by atoms with Crippen LogP contribution in [0, 0.1) is 5.82 Å². The molecule has 96 valence electrons. The lowest BCUT2D eigenvalue weighted by atomic mass is 10.1. The molecule has 0 unspecified atom stereocenters. The van der Waals surface area contributed by atoms with E-state index < -0.39 is 17.3 Å². The highest BCUT2D eigenvalue weighted by Crippen LogP contribution is 2.24. The SMILES string of the molecule is C=C(C)C(=O)NCc1ccc(F)c(C(=O)O)c1Cl. The number of halogens is 2. The molecule has 1 amide bonds. The number of carbonyl (C=O) groups excluding carboxylic acids is 1. The van der Waals surface area contributed by atoms with Gasteiger partial charge in [-0.25, -0.2) is 9.18 Å². The van der Waals surface area contributed by atoms with Crippen molar-refractivity contribution < 1.29 is 19.1 Å². The van der Waals surface area contributed by atoms with E-state index in [9.17, 15) is 14.0 Å². The average molecular weight is 272 g/mol. The molecule has 0 radical (unpaired) electrons. The zero-order valence-electron chi connectivity index (χ0n) is 9.59. The molecule has 2 N–H and O–H groups in total. The van der Waals surface area contributed by atoms with Gasteiger partial charge in [0.15, 0.2) is 0 Å². The third kappa shape index (κ3) is 3.07. The normalized spacial score (nSPS) is 9.94. The van der Waals surface area contributed by atoms with Crippen LogP contribution in [0.2, 0.25) is 5.02 Å². The van der Waals surface area contributed by atoms with Crippen LogP contribution in [0.15, 0.2) is 24.3 Å². The third-order valence-corrected chi connectivity index (χ3v) is 2.64. The predicted octanol–water partition coefficient (Wildman–Crippen LogP) is 2.37. The smallest absolute Gasteiger partial charge is 0.340 e. The van der Waals surface area contributed by atoms with Crippen LogP contribution in [0.5, 0.6) is 0 Å². The Morgan fingerprint density at radius 2 is 2.11 bits per heavy atom. The highest BCUT2D eigenvalue weighted by molar-refractivity contribution is 6.34. The number of carboxylic acid groups (broad SMARTS) is 1. The van der Waals surface area contributed by atoms with Gasteiger partial charge in [0.2, 0.25) is 5.91 Å². The molecule has 0 saturated heterocycles. The summed E-state index contributed by atoms with van der Waals surface area (Å²) in [7, 11) is 0. The van der Waals surface area contributed by atoms with Gasteiger partial charge in [-0.1, -0.05) is 24.2 Å². The number of carbonyl (C=O) groups is 2. The van der Waals surface area contributed by atoms with E-state index in [0.29, 0.717) is 11.1 Å². The molecule has 18 heavy (non-hydrogen) atoms. The van der Waals surface area contributed by atoms with Crippen molar-refractivity contribution >= 4 is 23.5 Å². The summed E-state index contributed by atoms with van der Waals surface area (Å²) in [6, 6.07) is 2.32. The van der Waals surface area contributed by atoms with Crippen LogP contribution < -0.4 is 5.32 Å². The first kappa shape index (κ1) is 14.2. The van der Waals surface area contributed by atoms with Crippen molar-refractivity contribution in [3.63, 3.8) is 0 Å². The predicted molar refractivity (Wildman–Crippen MR) is 65.0 cm³/mol. The number of rotatable bonds is 4. The minimum atomic E-state index is -1.45. The lowest BCUT2D eigenvalue weighted by molar-refractivity contribution is -0.117. The van der Waals surface area contributed by atoms with E-state index in [1.165, 1.54) is 13.0 Å². The van der Waals surface area contributed by atoms with Gasteiger partial charge in [0.25, 0.3) is 0 Å². The molecule has 0 aliphatic rings. The molecule has 0 bridgehead atoms. The molecule has 0 aliphatic heterocycles. The monoisotopic (exact) mass is 271 g/mol. The van der Waals surface area contributed by atoms with E-state index in [4.69, 9.17) is 16.7 Å². The van der Waals surface area contributed by atoms with Gasteiger partial charge in [-0.3, -0.25) is 4.79 Å². The van der Waals surface area contributed by atoms with E-state index in [0.717, 1.165) is 6.07 Å². The summed E-state index contributed by atoms with van der Waals surface area (Å²) in [6.45, 7) is 4.99. The number of carboxylic acids is 1. The van der Waals surface area contributed by atoms with Crippen molar-refractivity contribution in [2.45, 2.75) is 13.5 Å². The second-order valence-electron chi connectivity index (χ2n) is 3.66. The molecule has 6 heteroatoms. The Morgan fingerprint density at radius 3 is 2.61 bits per heavy atom. The van der Waals surface area contributed by atoms with Crippen LogP contribution in [-0.4, -0.2) is 17.0 Å². The fraction of sp³-hybridized carbons (Fsp3) is 0.167. The van der Waals surface area contributed by atoms with Crippen molar-refractivity contribution in [2.75, 3.05) is 0 Å². The Labute approximate surface area is 108 Å². The molecule has 0 spiro atoms. The number of benzene rings is 1. The van der Waals surface area contributed by atoms with Crippen LogP contribution in [0.1, 0.15) is 22.8 Å². The average Bonchev–Trinajstić information content (AvgIpc) is 2.27. The summed E-state index contributed by atoms with van der Waals surface area (Å²) >= 11 is 5.78. The minimum absolute atomic E-state index is 0.00505. The van der Waals surface area contributed by atoms with Crippen molar-refractivity contribution in [1.29, 1.82) is 0 Å². The maximum atomic E-state index is 13.2. The van der Waals surface area contributed by atoms with E-state index in [1.807, 2.05) is 0 Å². The van der Waals surface area contributed by atoms with Crippen LogP contribution in [0.3, 0.4) is 0 Å². The van der Waals surface area contributed by atoms with E-state index >= 15 is 0 Å². The van der Waals surface area contributed by atoms with E-state index in [-0.39, 0.29) is 17.5 Å². The zero-order valence-corrected chi connectivity index (χ0v) is 10.3. The molecule has 4 nitrogen and oxygen atoms in total. The van der Waals surface area contributed by atoms with Crippen molar-refractivity contribution in [3.05, 3.63) is 46.3 Å². The lowest BCUT2D eigenvalue weighted by Gasteiger charge is -2.09. The highest BCUT2D eigenvalue weighted by atomic mass is 35.5. The quantitative estimate of drug-likeness (QED) is 0.826. The molecule has 1 rings (SSSR count). The standard InChI is InChI=1S/C12H11ClFNO3/c1-6(2)11(16)15-5-7-3-4-8(14)9(10(7)13)12(17)18/h3-4H,1,5H2,2H3,(H,15,16)(H,17,18). The topological polar surface area (TPSA) is 66.4 Å². The number of hydrogen-bond donors (Lipinski definition) is 2. The largest absolute Gasteiger partial charge is 0.478 e. The Balaban J connectivity index is 2.98. The second-order valence-corrected chi connectivity index (χ2v) is 4.04. The van der Waals surface area contributed by atoms with Gasteiger partial charge in [-0.05, 0) is 18.6 Å². The molecule has 0 heterocycles. The zero-order chi connectivity index (χ0) is 13.9. The minimum Gasteiger partial charge on any atom is -0.478 e. The highest BCUT2D eigenvalue weighted by Gasteiger charge is 2.18. The summed E-state index contributed by atoms with van der Waals surface area (Å²) in [6.07, 6.45) is 0. The lowest BCUT2D eigenvalue weighted by Crippen LogP contribution is -2.23. The summed E-state index contributed by atoms with van der Waals surface area (Å²) in [5, 5.41) is 11.1. The Kier molecular flexibility index (Phi) is 4.44. The fourth-order valence-corrected chi connectivity index (χ4v) is 1.56. The van der Waals surface area contributed by atoms with Gasteiger partial charge >= 0.3 is 5.97 Å². The van der Waals surface area contributed by atoms with Gasteiger partial charge in [0.1, 0.15) is 11.4 Å². The number of nitrogens with one attached hydrogen (secondary N) is 1. The first-order chi connectivity index (χ1) is 8.34. The second kappa shape index (κ2) is 5.64. The summed E-state index contributed by atoms with van der Waals surface area (Å²) in [5.74, 6) is -2.75. The molecular weight excluding hydrogens is 261 g/mol. The molecular formula is C12H11ClFNO3. The number of hydrogen-bond acceptors (Lipinski definition) is 2. The van der Waals surface area contributed by atoms with Crippen LogP contribution in [-0.2, 0) is 11.3 Å². The van der Waals surface area contributed by atoms with Crippen molar-refractivity contribution in [3.8, 4) is 0 Å². The van der Waals surface area contributed by atoms with Crippen LogP contribution >= 0.6 is 11.6 Å². The molecule has 1 aromatic carbocycles. The first-order valence-electron chi connectivity index (χ1n) is 4.98. The molecule has 0 aromatic heterocycles.